The fourth-order valence-electron chi connectivity index (χ4n) is 3.09. The third-order valence-electron chi connectivity index (χ3n) is 4.03. The van der Waals surface area contributed by atoms with E-state index in [0.29, 0.717) is 5.92 Å². The van der Waals surface area contributed by atoms with E-state index in [4.69, 9.17) is 0 Å². The summed E-state index contributed by atoms with van der Waals surface area (Å²) >= 11 is 1.90. The van der Waals surface area contributed by atoms with Crippen molar-refractivity contribution in [1.82, 2.24) is 0 Å². The maximum atomic E-state index is 2.42. The molecule has 2 aromatic rings. The fraction of sp³-hybridized carbons (Fsp3) is 0.333. The van der Waals surface area contributed by atoms with E-state index in [2.05, 4.69) is 55.6 Å². The minimum atomic E-state index is 0.602. The summed E-state index contributed by atoms with van der Waals surface area (Å²) in [6.07, 6.45) is 6.04. The lowest BCUT2D eigenvalue weighted by molar-refractivity contribution is 0.737. The Labute approximate surface area is 119 Å². The molecular weight excluding hydrogens is 248 g/mol. The SMILES string of the molecule is CCCC1C(c2sccc2CC)=Cc2ccccc21. The smallest absolute Gasteiger partial charge is 0.0340 e. The molecule has 1 heterocycles. The van der Waals surface area contributed by atoms with Gasteiger partial charge in [-0.3, -0.25) is 0 Å². The minimum absolute atomic E-state index is 0.602. The van der Waals surface area contributed by atoms with Crippen LogP contribution in [0.3, 0.4) is 0 Å². The molecule has 0 fully saturated rings. The zero-order valence-corrected chi connectivity index (χ0v) is 12.5. The lowest BCUT2D eigenvalue weighted by Crippen LogP contribution is -1.98. The van der Waals surface area contributed by atoms with Crippen molar-refractivity contribution in [3.63, 3.8) is 0 Å². The summed E-state index contributed by atoms with van der Waals surface area (Å²) in [7, 11) is 0. The molecule has 1 aliphatic carbocycles. The molecular formula is C18H20S. The highest BCUT2D eigenvalue weighted by molar-refractivity contribution is 7.11. The van der Waals surface area contributed by atoms with Crippen molar-refractivity contribution in [2.75, 3.05) is 0 Å². The summed E-state index contributed by atoms with van der Waals surface area (Å²) in [5.74, 6) is 0.602. The molecule has 0 aliphatic heterocycles. The molecule has 0 nitrogen and oxygen atoms in total. The zero-order valence-electron chi connectivity index (χ0n) is 11.6. The van der Waals surface area contributed by atoms with Gasteiger partial charge in [0.05, 0.1) is 0 Å². The predicted octanol–water partition coefficient (Wildman–Crippen LogP) is 5.75. The molecule has 0 amide bonds. The lowest BCUT2D eigenvalue weighted by atomic mass is 9.89. The van der Waals surface area contributed by atoms with Crippen molar-refractivity contribution in [3.8, 4) is 0 Å². The Morgan fingerprint density at radius 3 is 2.74 bits per heavy atom. The number of thiophene rings is 1. The Bertz CT molecular complexity index is 604. The minimum Gasteiger partial charge on any atom is -0.144 e. The van der Waals surface area contributed by atoms with Crippen molar-refractivity contribution in [2.45, 2.75) is 39.0 Å². The van der Waals surface area contributed by atoms with Gasteiger partial charge in [0.1, 0.15) is 0 Å². The molecule has 0 saturated carbocycles. The van der Waals surface area contributed by atoms with Crippen LogP contribution in [-0.4, -0.2) is 0 Å². The van der Waals surface area contributed by atoms with E-state index in [1.54, 1.807) is 5.57 Å². The number of hydrogen-bond acceptors (Lipinski definition) is 1. The maximum Gasteiger partial charge on any atom is 0.0340 e. The van der Waals surface area contributed by atoms with Crippen LogP contribution in [0.5, 0.6) is 0 Å². The Morgan fingerprint density at radius 1 is 1.11 bits per heavy atom. The summed E-state index contributed by atoms with van der Waals surface area (Å²) in [5.41, 5.74) is 6.00. The highest BCUT2D eigenvalue weighted by atomic mass is 32.1. The number of fused-ring (bicyclic) bond motifs is 1. The van der Waals surface area contributed by atoms with Gasteiger partial charge in [0.2, 0.25) is 0 Å². The molecule has 0 saturated heterocycles. The van der Waals surface area contributed by atoms with Gasteiger partial charge in [-0.1, -0.05) is 44.5 Å². The second kappa shape index (κ2) is 5.34. The van der Waals surface area contributed by atoms with Crippen LogP contribution >= 0.6 is 11.3 Å². The van der Waals surface area contributed by atoms with Crippen LogP contribution in [0.15, 0.2) is 35.7 Å². The molecule has 98 valence electrons. The first-order valence-corrected chi connectivity index (χ1v) is 8.10. The van der Waals surface area contributed by atoms with Crippen LogP contribution < -0.4 is 0 Å². The Morgan fingerprint density at radius 2 is 1.95 bits per heavy atom. The van der Waals surface area contributed by atoms with Gasteiger partial charge in [0.25, 0.3) is 0 Å². The first kappa shape index (κ1) is 12.7. The van der Waals surface area contributed by atoms with E-state index in [9.17, 15) is 0 Å². The van der Waals surface area contributed by atoms with Gasteiger partial charge in [0, 0.05) is 10.8 Å². The number of aryl methyl sites for hydroxylation is 1. The first-order chi connectivity index (χ1) is 9.35. The third-order valence-corrected chi connectivity index (χ3v) is 5.03. The van der Waals surface area contributed by atoms with Gasteiger partial charge in [-0.2, -0.15) is 0 Å². The van der Waals surface area contributed by atoms with E-state index >= 15 is 0 Å². The quantitative estimate of drug-likeness (QED) is 0.662. The number of allylic oxidation sites excluding steroid dienone is 1. The first-order valence-electron chi connectivity index (χ1n) is 7.22. The topological polar surface area (TPSA) is 0 Å². The molecule has 19 heavy (non-hydrogen) atoms. The number of rotatable bonds is 4. The molecule has 1 unspecified atom stereocenters. The van der Waals surface area contributed by atoms with Crippen LogP contribution in [0.25, 0.3) is 11.6 Å². The largest absolute Gasteiger partial charge is 0.144 e. The molecule has 0 N–H and O–H groups in total. The molecule has 0 spiro atoms. The second-order valence-corrected chi connectivity index (χ2v) is 6.11. The van der Waals surface area contributed by atoms with Crippen LogP contribution in [0.4, 0.5) is 0 Å². The number of hydrogen-bond donors (Lipinski definition) is 0. The molecule has 1 aromatic carbocycles. The van der Waals surface area contributed by atoms with Crippen molar-refractivity contribution in [1.29, 1.82) is 0 Å². The van der Waals surface area contributed by atoms with Crippen molar-refractivity contribution >= 4 is 23.0 Å². The van der Waals surface area contributed by atoms with Crippen LogP contribution in [0, 0.1) is 0 Å². The van der Waals surface area contributed by atoms with Crippen molar-refractivity contribution < 1.29 is 0 Å². The van der Waals surface area contributed by atoms with Gasteiger partial charge < -0.3 is 0 Å². The van der Waals surface area contributed by atoms with E-state index in [1.165, 1.54) is 34.4 Å². The average molecular weight is 268 g/mol. The van der Waals surface area contributed by atoms with E-state index in [-0.39, 0.29) is 0 Å². The van der Waals surface area contributed by atoms with Gasteiger partial charge in [-0.15, -0.1) is 11.3 Å². The standard InChI is InChI=1S/C18H20S/c1-3-7-16-15-9-6-5-8-14(15)12-17(16)18-13(4-2)10-11-19-18/h5-6,8-12,16H,3-4,7H2,1-2H3. The molecule has 1 heteroatoms. The molecule has 1 aliphatic rings. The zero-order chi connectivity index (χ0) is 13.2. The van der Waals surface area contributed by atoms with Crippen molar-refractivity contribution in [3.05, 3.63) is 57.3 Å². The maximum absolute atomic E-state index is 2.42. The third kappa shape index (κ3) is 2.17. The molecule has 0 radical (unpaired) electrons. The van der Waals surface area contributed by atoms with E-state index < -0.39 is 0 Å². The fourth-order valence-corrected chi connectivity index (χ4v) is 4.16. The second-order valence-electron chi connectivity index (χ2n) is 5.20. The monoisotopic (exact) mass is 268 g/mol. The predicted molar refractivity (Wildman–Crippen MR) is 85.7 cm³/mol. The summed E-state index contributed by atoms with van der Waals surface area (Å²) in [5, 5.41) is 2.24. The highest BCUT2D eigenvalue weighted by Gasteiger charge is 2.26. The Kier molecular flexibility index (Phi) is 3.56. The molecule has 1 aromatic heterocycles. The summed E-state index contributed by atoms with van der Waals surface area (Å²) in [4.78, 5) is 1.51. The Balaban J connectivity index is 2.07. The van der Waals surface area contributed by atoms with Gasteiger partial charge in [-0.25, -0.2) is 0 Å². The van der Waals surface area contributed by atoms with Crippen LogP contribution in [-0.2, 0) is 6.42 Å². The van der Waals surface area contributed by atoms with E-state index in [1.807, 2.05) is 11.3 Å². The summed E-state index contributed by atoms with van der Waals surface area (Å²) < 4.78 is 0. The lowest BCUT2D eigenvalue weighted by Gasteiger charge is -2.16. The van der Waals surface area contributed by atoms with Crippen LogP contribution in [0.1, 0.15) is 54.2 Å². The summed E-state index contributed by atoms with van der Waals surface area (Å²) in [6.45, 7) is 4.54. The van der Waals surface area contributed by atoms with Gasteiger partial charge in [0.15, 0.2) is 0 Å². The van der Waals surface area contributed by atoms with Crippen LogP contribution in [0.2, 0.25) is 0 Å². The normalized spacial score (nSPS) is 17.4. The average Bonchev–Trinajstić information content (AvgIpc) is 3.03. The van der Waals surface area contributed by atoms with Gasteiger partial charge in [-0.05, 0) is 52.6 Å². The summed E-state index contributed by atoms with van der Waals surface area (Å²) in [6, 6.07) is 11.2. The highest BCUT2D eigenvalue weighted by Crippen LogP contribution is 2.46. The molecule has 1 atom stereocenters. The number of benzene rings is 1. The molecule has 3 rings (SSSR count). The van der Waals surface area contributed by atoms with Gasteiger partial charge >= 0.3 is 0 Å². The van der Waals surface area contributed by atoms with Crippen molar-refractivity contribution in [2.24, 2.45) is 0 Å². The van der Waals surface area contributed by atoms with E-state index in [0.717, 1.165) is 6.42 Å². The molecule has 0 bridgehead atoms. The Hall–Kier alpha value is -1.34.